The zero-order valence-corrected chi connectivity index (χ0v) is 13.6. The lowest BCUT2D eigenvalue weighted by Gasteiger charge is -2.14. The van der Waals surface area contributed by atoms with Crippen LogP contribution in [0.1, 0.15) is 33.6 Å². The zero-order chi connectivity index (χ0) is 14.8. The summed E-state index contributed by atoms with van der Waals surface area (Å²) in [5, 5.41) is 6.46. The summed E-state index contributed by atoms with van der Waals surface area (Å²) in [4.78, 5) is 12.9. The predicted octanol–water partition coefficient (Wildman–Crippen LogP) is 2.65. The Morgan fingerprint density at radius 2 is 1.95 bits per heavy atom. The number of aromatic nitrogens is 3. The van der Waals surface area contributed by atoms with Gasteiger partial charge in [0.25, 0.3) is 0 Å². The summed E-state index contributed by atoms with van der Waals surface area (Å²) < 4.78 is 5.38. The van der Waals surface area contributed by atoms with E-state index >= 15 is 0 Å². The van der Waals surface area contributed by atoms with E-state index in [1.54, 1.807) is 0 Å². The first-order valence-electron chi connectivity index (χ1n) is 7.07. The van der Waals surface area contributed by atoms with Crippen molar-refractivity contribution in [3.8, 4) is 6.01 Å². The van der Waals surface area contributed by atoms with Gasteiger partial charge in [0, 0.05) is 12.6 Å². The lowest BCUT2D eigenvalue weighted by molar-refractivity contribution is 0.312. The molecule has 7 heteroatoms. The molecule has 1 atom stereocenters. The normalized spacial score (nSPS) is 12.0. The number of anilines is 2. The lowest BCUT2D eigenvalue weighted by atomic mass is 10.3. The Morgan fingerprint density at radius 3 is 2.60 bits per heavy atom. The minimum Gasteiger partial charge on any atom is -0.464 e. The van der Waals surface area contributed by atoms with Gasteiger partial charge in [0.2, 0.25) is 11.9 Å². The van der Waals surface area contributed by atoms with Gasteiger partial charge in [-0.05, 0) is 38.7 Å². The molecular weight excluding hydrogens is 274 g/mol. The van der Waals surface area contributed by atoms with E-state index in [4.69, 9.17) is 4.74 Å². The monoisotopic (exact) mass is 299 g/mol. The van der Waals surface area contributed by atoms with Crippen molar-refractivity contribution in [3.05, 3.63) is 0 Å². The number of rotatable bonds is 10. The van der Waals surface area contributed by atoms with Gasteiger partial charge < -0.3 is 15.4 Å². The van der Waals surface area contributed by atoms with Crippen LogP contribution in [-0.4, -0.2) is 46.2 Å². The van der Waals surface area contributed by atoms with Crippen molar-refractivity contribution in [2.75, 3.05) is 35.8 Å². The molecule has 0 aliphatic heterocycles. The third-order valence-corrected chi connectivity index (χ3v) is 3.20. The van der Waals surface area contributed by atoms with Crippen LogP contribution in [0.2, 0.25) is 0 Å². The number of nitrogens with zero attached hydrogens (tertiary/aromatic N) is 3. The molecule has 0 aliphatic carbocycles. The highest BCUT2D eigenvalue weighted by Crippen LogP contribution is 2.13. The molecule has 1 rings (SSSR count). The average Bonchev–Trinajstić information content (AvgIpc) is 2.43. The summed E-state index contributed by atoms with van der Waals surface area (Å²) in [6.07, 6.45) is 4.19. The third-order valence-electron chi connectivity index (χ3n) is 2.55. The highest BCUT2D eigenvalue weighted by molar-refractivity contribution is 7.98. The first-order valence-corrected chi connectivity index (χ1v) is 8.47. The molecule has 0 aliphatic rings. The molecule has 114 valence electrons. The van der Waals surface area contributed by atoms with E-state index in [0.29, 0.717) is 30.6 Å². The number of thioether (sulfide) groups is 1. The van der Waals surface area contributed by atoms with Gasteiger partial charge in [-0.2, -0.15) is 26.7 Å². The third kappa shape index (κ3) is 6.27. The van der Waals surface area contributed by atoms with Crippen molar-refractivity contribution in [2.45, 2.75) is 39.7 Å². The van der Waals surface area contributed by atoms with Crippen LogP contribution < -0.4 is 15.4 Å². The molecule has 0 radical (unpaired) electrons. The second-order valence-corrected chi connectivity index (χ2v) is 5.44. The quantitative estimate of drug-likeness (QED) is 0.688. The van der Waals surface area contributed by atoms with E-state index in [1.165, 1.54) is 0 Å². The van der Waals surface area contributed by atoms with Crippen LogP contribution in [0, 0.1) is 0 Å². The average molecular weight is 299 g/mol. The summed E-state index contributed by atoms with van der Waals surface area (Å²) in [5.74, 6) is 2.24. The molecule has 20 heavy (non-hydrogen) atoms. The minimum absolute atomic E-state index is 0.318. The highest BCUT2D eigenvalue weighted by atomic mass is 32.2. The molecule has 0 saturated carbocycles. The Hall–Kier alpha value is -1.24. The number of hydrogen-bond donors (Lipinski definition) is 2. The van der Waals surface area contributed by atoms with Gasteiger partial charge >= 0.3 is 6.01 Å². The maximum absolute atomic E-state index is 5.38. The van der Waals surface area contributed by atoms with Crippen molar-refractivity contribution in [3.63, 3.8) is 0 Å². The Bertz CT molecular complexity index is 391. The van der Waals surface area contributed by atoms with Crippen LogP contribution in [-0.2, 0) is 0 Å². The SMILES string of the molecule is CCCNc1nc(NC(C)CCSC)nc(OCC)n1. The van der Waals surface area contributed by atoms with Crippen molar-refractivity contribution in [1.82, 2.24) is 15.0 Å². The molecule has 0 bridgehead atoms. The summed E-state index contributed by atoms with van der Waals surface area (Å²) >= 11 is 1.84. The smallest absolute Gasteiger partial charge is 0.323 e. The van der Waals surface area contributed by atoms with Crippen molar-refractivity contribution in [2.24, 2.45) is 0 Å². The van der Waals surface area contributed by atoms with Crippen molar-refractivity contribution >= 4 is 23.7 Å². The van der Waals surface area contributed by atoms with Crippen molar-refractivity contribution < 1.29 is 4.74 Å². The molecular formula is C13H25N5OS. The van der Waals surface area contributed by atoms with E-state index < -0.39 is 0 Å². The molecule has 0 amide bonds. The van der Waals surface area contributed by atoms with E-state index in [0.717, 1.165) is 25.1 Å². The second kappa shape index (κ2) is 9.63. The molecule has 0 spiro atoms. The Balaban J connectivity index is 2.73. The van der Waals surface area contributed by atoms with Gasteiger partial charge in [-0.1, -0.05) is 6.92 Å². The lowest BCUT2D eigenvalue weighted by Crippen LogP contribution is -2.19. The van der Waals surface area contributed by atoms with Crippen LogP contribution in [0.5, 0.6) is 6.01 Å². The summed E-state index contributed by atoms with van der Waals surface area (Å²) in [6, 6.07) is 0.680. The van der Waals surface area contributed by atoms with Gasteiger partial charge in [0.15, 0.2) is 0 Å². The Morgan fingerprint density at radius 1 is 1.20 bits per heavy atom. The molecule has 6 nitrogen and oxygen atoms in total. The van der Waals surface area contributed by atoms with Crippen LogP contribution in [0.25, 0.3) is 0 Å². The van der Waals surface area contributed by atoms with Gasteiger partial charge in [-0.25, -0.2) is 0 Å². The minimum atomic E-state index is 0.318. The number of ether oxygens (including phenoxy) is 1. The summed E-state index contributed by atoms with van der Waals surface area (Å²) in [5.41, 5.74) is 0. The predicted molar refractivity (Wildman–Crippen MR) is 85.9 cm³/mol. The fourth-order valence-electron chi connectivity index (χ4n) is 1.52. The standard InChI is InChI=1S/C13H25N5OS/c1-5-8-14-11-16-12(15-10(3)7-9-20-4)18-13(17-11)19-6-2/h10H,5-9H2,1-4H3,(H2,14,15,16,17,18). The van der Waals surface area contributed by atoms with E-state index in [2.05, 4.69) is 45.7 Å². The first kappa shape index (κ1) is 16.8. The van der Waals surface area contributed by atoms with E-state index in [-0.39, 0.29) is 0 Å². The molecule has 0 aromatic carbocycles. The van der Waals surface area contributed by atoms with E-state index in [9.17, 15) is 0 Å². The second-order valence-electron chi connectivity index (χ2n) is 4.45. The number of nitrogens with one attached hydrogen (secondary N) is 2. The number of hydrogen-bond acceptors (Lipinski definition) is 7. The zero-order valence-electron chi connectivity index (χ0n) is 12.8. The summed E-state index contributed by atoms with van der Waals surface area (Å²) in [6.45, 7) is 7.51. The highest BCUT2D eigenvalue weighted by Gasteiger charge is 2.09. The van der Waals surface area contributed by atoms with Gasteiger partial charge in [-0.3, -0.25) is 0 Å². The molecule has 1 aromatic rings. The summed E-state index contributed by atoms with van der Waals surface area (Å²) in [7, 11) is 0. The molecule has 0 fully saturated rings. The Kier molecular flexibility index (Phi) is 8.10. The molecule has 1 heterocycles. The molecule has 1 unspecified atom stereocenters. The largest absolute Gasteiger partial charge is 0.464 e. The first-order chi connectivity index (χ1) is 9.69. The maximum Gasteiger partial charge on any atom is 0.323 e. The van der Waals surface area contributed by atoms with Crippen LogP contribution in [0.15, 0.2) is 0 Å². The topological polar surface area (TPSA) is 72.0 Å². The van der Waals surface area contributed by atoms with Crippen molar-refractivity contribution in [1.29, 1.82) is 0 Å². The molecule has 2 N–H and O–H groups in total. The molecule has 1 aromatic heterocycles. The van der Waals surface area contributed by atoms with Gasteiger partial charge in [0.1, 0.15) is 0 Å². The van der Waals surface area contributed by atoms with Crippen LogP contribution in [0.4, 0.5) is 11.9 Å². The molecule has 0 saturated heterocycles. The maximum atomic E-state index is 5.38. The fraction of sp³-hybridized carbons (Fsp3) is 0.769. The van der Waals surface area contributed by atoms with Gasteiger partial charge in [-0.15, -0.1) is 0 Å². The van der Waals surface area contributed by atoms with Crippen LogP contribution >= 0.6 is 11.8 Å². The van der Waals surface area contributed by atoms with Crippen LogP contribution in [0.3, 0.4) is 0 Å². The fourth-order valence-corrected chi connectivity index (χ4v) is 2.11. The van der Waals surface area contributed by atoms with Gasteiger partial charge in [0.05, 0.1) is 6.61 Å². The van der Waals surface area contributed by atoms with E-state index in [1.807, 2.05) is 18.7 Å². The Labute approximate surface area is 125 Å².